The number of amides is 2. The highest BCUT2D eigenvalue weighted by Gasteiger charge is 2.34. The first-order chi connectivity index (χ1) is 26.2. The molecule has 3 saturated heterocycles. The topological polar surface area (TPSA) is 163 Å². The summed E-state index contributed by atoms with van der Waals surface area (Å²) < 4.78 is 35.7. The fourth-order valence-electron chi connectivity index (χ4n) is 8.15. The molecule has 4 aliphatic rings. The molecule has 2 unspecified atom stereocenters. The number of ether oxygens (including phenoxy) is 2. The molecule has 4 fully saturated rings. The third-order valence-electron chi connectivity index (χ3n) is 11.7. The van der Waals surface area contributed by atoms with E-state index in [9.17, 15) is 18.0 Å². The van der Waals surface area contributed by atoms with Gasteiger partial charge < -0.3 is 29.5 Å². The fraction of sp³-hybridized carbons (Fsp3) is 0.730. The fourth-order valence-corrected chi connectivity index (χ4v) is 9.20. The number of carbonyl (C=O) groups excluding carboxylic acids is 2. The molecule has 0 radical (unpaired) electrons. The van der Waals surface area contributed by atoms with Gasteiger partial charge in [0.15, 0.2) is 0 Å². The van der Waals surface area contributed by atoms with E-state index in [-0.39, 0.29) is 34.7 Å². The van der Waals surface area contributed by atoms with Crippen molar-refractivity contribution in [2.45, 2.75) is 108 Å². The summed E-state index contributed by atoms with van der Waals surface area (Å²) in [5, 5.41) is 4.34. The van der Waals surface area contributed by atoms with Crippen LogP contribution in [0.15, 0.2) is 6.33 Å². The number of nitrogens with zero attached hydrogens (tertiary/aromatic N) is 8. The molecule has 2 aromatic rings. The summed E-state index contributed by atoms with van der Waals surface area (Å²) in [5.74, 6) is -0.199. The second kappa shape index (κ2) is 19.6. The van der Waals surface area contributed by atoms with Gasteiger partial charge in [0.05, 0.1) is 19.5 Å². The summed E-state index contributed by atoms with van der Waals surface area (Å²) in [6, 6.07) is 1.45. The quantitative estimate of drug-likeness (QED) is 0.363. The second-order valence-electron chi connectivity index (χ2n) is 15.1. The zero-order valence-corrected chi connectivity index (χ0v) is 35.3. The van der Waals surface area contributed by atoms with Crippen LogP contribution in [0.4, 0.5) is 0 Å². The molecule has 5 heterocycles. The van der Waals surface area contributed by atoms with Gasteiger partial charge in [0, 0.05) is 75.6 Å². The molecule has 0 bridgehead atoms. The van der Waals surface area contributed by atoms with E-state index in [4.69, 9.17) is 32.7 Å². The van der Waals surface area contributed by atoms with Crippen molar-refractivity contribution in [2.75, 3.05) is 66.8 Å². The Labute approximate surface area is 335 Å². The number of sulfonamides is 1. The van der Waals surface area contributed by atoms with Crippen LogP contribution < -0.4 is 10.1 Å². The van der Waals surface area contributed by atoms with Crippen molar-refractivity contribution in [1.29, 1.82) is 0 Å². The molecule has 55 heavy (non-hydrogen) atoms. The second-order valence-corrected chi connectivity index (χ2v) is 17.8. The molecule has 1 saturated carbocycles. The Morgan fingerprint density at radius 3 is 1.98 bits per heavy atom. The van der Waals surface area contributed by atoms with Crippen LogP contribution >= 0.6 is 23.2 Å². The molecule has 18 heteroatoms. The Morgan fingerprint density at radius 2 is 1.38 bits per heavy atom. The summed E-state index contributed by atoms with van der Waals surface area (Å²) in [6.07, 6.45) is 13.1. The predicted octanol–water partition coefficient (Wildman–Crippen LogP) is 4.00. The van der Waals surface area contributed by atoms with Crippen LogP contribution in [-0.2, 0) is 14.8 Å². The van der Waals surface area contributed by atoms with Crippen molar-refractivity contribution in [2.24, 2.45) is 0 Å². The van der Waals surface area contributed by atoms with Crippen LogP contribution in [0.2, 0.25) is 10.3 Å². The molecule has 306 valence electrons. The van der Waals surface area contributed by atoms with Gasteiger partial charge in [0.25, 0.3) is 11.8 Å². The maximum atomic E-state index is 13.0. The maximum absolute atomic E-state index is 13.0. The zero-order valence-electron chi connectivity index (χ0n) is 33.0. The monoisotopic (exact) mass is 825 g/mol. The van der Waals surface area contributed by atoms with Gasteiger partial charge in [0.2, 0.25) is 10.0 Å². The Morgan fingerprint density at radius 1 is 0.800 bits per heavy atom. The highest BCUT2D eigenvalue weighted by molar-refractivity contribution is 7.88. The largest absolute Gasteiger partial charge is 0.467 e. The minimum atomic E-state index is -3.16. The summed E-state index contributed by atoms with van der Waals surface area (Å²) in [6.45, 7) is 8.05. The number of aromatic nitrogens is 4. The summed E-state index contributed by atoms with van der Waals surface area (Å²) in [7, 11) is 1.75. The van der Waals surface area contributed by atoms with E-state index in [2.05, 4.69) is 30.2 Å². The molecule has 0 spiro atoms. The number of piperidine rings is 3. The molecular weight excluding hydrogens is 769 g/mol. The standard InChI is InChI=1S/C19H30ClN5O4S.C18H27ClN4O2/c1-13-16(21-19(29-3)22-17(13)20)18(26)25-11-7-15(8-12-25)24-9-5-14(6-10-24)23(2)30(4,27)28;1-12-16(20-11-21-17(12)19)18(24)23-9-7-13(8-10-23)22-14-5-3-4-6-15(14)25-2/h14-15H,5-12H2,1-4H3;11,13-15,22H,3-10H2,1-2H3. The van der Waals surface area contributed by atoms with E-state index in [0.29, 0.717) is 59.3 Å². The third-order valence-corrected chi connectivity index (χ3v) is 13.8. The first-order valence-corrected chi connectivity index (χ1v) is 21.9. The van der Waals surface area contributed by atoms with Crippen molar-refractivity contribution >= 4 is 45.0 Å². The third kappa shape index (κ3) is 11.0. The normalized spacial score (nSPS) is 22.3. The minimum Gasteiger partial charge on any atom is -0.467 e. The van der Waals surface area contributed by atoms with Gasteiger partial charge in [0.1, 0.15) is 28.0 Å². The Balaban J connectivity index is 0.000000214. The lowest BCUT2D eigenvalue weighted by atomic mass is 9.90. The van der Waals surface area contributed by atoms with Crippen molar-refractivity contribution in [3.8, 4) is 6.01 Å². The number of likely N-dealkylation sites (tertiary alicyclic amines) is 3. The first-order valence-electron chi connectivity index (χ1n) is 19.3. The average molecular weight is 827 g/mol. The van der Waals surface area contributed by atoms with Gasteiger partial charge in [-0.1, -0.05) is 36.0 Å². The Hall–Kier alpha value is -2.73. The van der Waals surface area contributed by atoms with Crippen molar-refractivity contribution in [3.63, 3.8) is 0 Å². The molecule has 2 amide bonds. The van der Waals surface area contributed by atoms with Crippen molar-refractivity contribution < 1.29 is 27.5 Å². The molecule has 3 aliphatic heterocycles. The van der Waals surface area contributed by atoms with Gasteiger partial charge in [-0.3, -0.25) is 9.59 Å². The van der Waals surface area contributed by atoms with E-state index in [1.165, 1.54) is 43.3 Å². The molecule has 15 nitrogen and oxygen atoms in total. The van der Waals surface area contributed by atoms with Crippen LogP contribution in [0.25, 0.3) is 0 Å². The number of rotatable bonds is 9. The van der Waals surface area contributed by atoms with Crippen molar-refractivity contribution in [3.05, 3.63) is 39.1 Å². The van der Waals surface area contributed by atoms with Gasteiger partial charge >= 0.3 is 6.01 Å². The van der Waals surface area contributed by atoms with Crippen LogP contribution in [0.3, 0.4) is 0 Å². The zero-order chi connectivity index (χ0) is 39.9. The molecule has 0 aromatic carbocycles. The molecule has 1 aliphatic carbocycles. The van der Waals surface area contributed by atoms with E-state index in [1.54, 1.807) is 28.0 Å². The lowest BCUT2D eigenvalue weighted by Crippen LogP contribution is -2.52. The summed E-state index contributed by atoms with van der Waals surface area (Å²) in [4.78, 5) is 48.1. The van der Waals surface area contributed by atoms with Crippen LogP contribution in [-0.4, -0.2) is 156 Å². The SMILES string of the molecule is COC1CCCCC1NC1CCN(C(=O)c2ncnc(Cl)c2C)CC1.COc1nc(Cl)c(C)c(C(=O)N2CCC(N3CCC(N(C)S(C)(=O)=O)CC3)CC2)n1. The summed E-state index contributed by atoms with van der Waals surface area (Å²) in [5.41, 5.74) is 1.91. The minimum absolute atomic E-state index is 0.0484. The molecule has 2 atom stereocenters. The number of nitrogens with one attached hydrogen (secondary N) is 1. The van der Waals surface area contributed by atoms with Crippen LogP contribution in [0, 0.1) is 13.8 Å². The highest BCUT2D eigenvalue weighted by atomic mass is 35.5. The van der Waals surface area contributed by atoms with Gasteiger partial charge in [-0.05, 0) is 78.3 Å². The van der Waals surface area contributed by atoms with Gasteiger partial charge in [-0.15, -0.1) is 0 Å². The number of hydrogen-bond donors (Lipinski definition) is 1. The molecule has 2 aromatic heterocycles. The highest BCUT2D eigenvalue weighted by Crippen LogP contribution is 2.27. The van der Waals surface area contributed by atoms with Crippen molar-refractivity contribution in [1.82, 2.24) is 44.3 Å². The number of carbonyl (C=O) groups is 2. The van der Waals surface area contributed by atoms with Crippen LogP contribution in [0.1, 0.15) is 96.3 Å². The Bertz CT molecular complexity index is 1730. The first kappa shape index (κ1) is 43.4. The maximum Gasteiger partial charge on any atom is 0.318 e. The summed E-state index contributed by atoms with van der Waals surface area (Å²) >= 11 is 12.1. The van der Waals surface area contributed by atoms with E-state index in [0.717, 1.165) is 71.1 Å². The smallest absolute Gasteiger partial charge is 0.318 e. The molecule has 6 rings (SSSR count). The van der Waals surface area contributed by atoms with E-state index < -0.39 is 10.0 Å². The van der Waals surface area contributed by atoms with Gasteiger partial charge in [-0.2, -0.15) is 9.97 Å². The molecular formula is C37H57Cl2N9O6S. The lowest BCUT2D eigenvalue weighted by molar-refractivity contribution is 0.0329. The van der Waals surface area contributed by atoms with E-state index in [1.807, 2.05) is 9.80 Å². The van der Waals surface area contributed by atoms with E-state index >= 15 is 0 Å². The van der Waals surface area contributed by atoms with Crippen LogP contribution in [0.5, 0.6) is 6.01 Å². The Kier molecular flexibility index (Phi) is 15.5. The number of hydrogen-bond acceptors (Lipinski definition) is 12. The molecule has 1 N–H and O–H groups in total. The average Bonchev–Trinajstić information content (AvgIpc) is 3.19. The predicted molar refractivity (Wildman–Crippen MR) is 211 cm³/mol. The lowest BCUT2D eigenvalue weighted by Gasteiger charge is -2.43. The number of halogens is 2. The number of methoxy groups -OCH3 is 2. The van der Waals surface area contributed by atoms with Gasteiger partial charge in [-0.25, -0.2) is 22.7 Å².